The van der Waals surface area contributed by atoms with Crippen LogP contribution in [0.5, 0.6) is 0 Å². The van der Waals surface area contributed by atoms with Gasteiger partial charge in [-0.2, -0.15) is 0 Å². The number of fused-ring (bicyclic) bond motifs is 2. The summed E-state index contributed by atoms with van der Waals surface area (Å²) in [7, 11) is 0. The average molecular weight is 284 g/mol. The SMILES string of the molecule is C[C@H]1CC[C@H]2[C@@H](C)C(O)O[C@@H]3O[C@@]4(C)CC[C@@H]1[C@]32OO4. The van der Waals surface area contributed by atoms with Gasteiger partial charge in [0.1, 0.15) is 0 Å². The van der Waals surface area contributed by atoms with Crippen molar-refractivity contribution in [2.24, 2.45) is 23.7 Å². The van der Waals surface area contributed by atoms with Crippen LogP contribution >= 0.6 is 0 Å². The zero-order valence-electron chi connectivity index (χ0n) is 12.4. The lowest BCUT2D eigenvalue weighted by Crippen LogP contribution is -2.70. The van der Waals surface area contributed by atoms with Gasteiger partial charge in [0, 0.05) is 18.3 Å². The van der Waals surface area contributed by atoms with Crippen LogP contribution in [0.25, 0.3) is 0 Å². The molecule has 4 saturated heterocycles. The van der Waals surface area contributed by atoms with Crippen LogP contribution in [0.1, 0.15) is 46.5 Å². The first-order valence-electron chi connectivity index (χ1n) is 7.84. The third kappa shape index (κ3) is 1.56. The predicted octanol–water partition coefficient (Wildman–Crippen LogP) is 2.19. The van der Waals surface area contributed by atoms with Gasteiger partial charge in [-0.25, -0.2) is 9.78 Å². The van der Waals surface area contributed by atoms with E-state index >= 15 is 0 Å². The molecule has 5 aliphatic rings. The molecule has 4 heterocycles. The first kappa shape index (κ1) is 13.5. The molecule has 5 nitrogen and oxygen atoms in total. The van der Waals surface area contributed by atoms with Gasteiger partial charge in [0.05, 0.1) is 0 Å². The minimum absolute atomic E-state index is 0.0379. The van der Waals surface area contributed by atoms with E-state index in [1.165, 1.54) is 6.42 Å². The van der Waals surface area contributed by atoms with E-state index in [2.05, 4.69) is 6.92 Å². The van der Waals surface area contributed by atoms with Crippen LogP contribution in [-0.4, -0.2) is 29.1 Å². The molecule has 5 fully saturated rings. The summed E-state index contributed by atoms with van der Waals surface area (Å²) < 4.78 is 11.9. The summed E-state index contributed by atoms with van der Waals surface area (Å²) in [6, 6.07) is 0. The van der Waals surface area contributed by atoms with Crippen molar-refractivity contribution in [2.45, 2.75) is 70.4 Å². The van der Waals surface area contributed by atoms with Gasteiger partial charge >= 0.3 is 0 Å². The van der Waals surface area contributed by atoms with E-state index in [0.29, 0.717) is 11.8 Å². The molecule has 8 atom stereocenters. The monoisotopic (exact) mass is 284 g/mol. The fraction of sp³-hybridized carbons (Fsp3) is 1.00. The smallest absolute Gasteiger partial charge is 0.201 e. The van der Waals surface area contributed by atoms with Crippen molar-refractivity contribution in [1.82, 2.24) is 0 Å². The zero-order valence-corrected chi connectivity index (χ0v) is 12.4. The summed E-state index contributed by atoms with van der Waals surface area (Å²) >= 11 is 0. The van der Waals surface area contributed by atoms with Crippen LogP contribution in [0.2, 0.25) is 0 Å². The molecule has 5 rings (SSSR count). The highest BCUT2D eigenvalue weighted by Gasteiger charge is 2.69. The molecule has 1 spiro atoms. The lowest BCUT2D eigenvalue weighted by molar-refractivity contribution is -0.576. The molecule has 4 aliphatic heterocycles. The van der Waals surface area contributed by atoms with E-state index in [-0.39, 0.29) is 11.8 Å². The highest BCUT2D eigenvalue weighted by Crippen LogP contribution is 2.60. The average Bonchev–Trinajstić information content (AvgIpc) is 2.63. The summed E-state index contributed by atoms with van der Waals surface area (Å²) in [4.78, 5) is 11.6. The third-order valence-electron chi connectivity index (χ3n) is 6.12. The molecule has 5 heteroatoms. The maximum Gasteiger partial charge on any atom is 0.201 e. The molecular formula is C15H24O5. The second-order valence-electron chi connectivity index (χ2n) is 7.30. The van der Waals surface area contributed by atoms with E-state index in [4.69, 9.17) is 19.2 Å². The topological polar surface area (TPSA) is 57.2 Å². The largest absolute Gasteiger partial charge is 0.368 e. The van der Waals surface area contributed by atoms with E-state index in [1.807, 2.05) is 13.8 Å². The Morgan fingerprint density at radius 3 is 2.65 bits per heavy atom. The molecular weight excluding hydrogens is 260 g/mol. The molecule has 2 bridgehead atoms. The highest BCUT2D eigenvalue weighted by molar-refractivity contribution is 5.08. The van der Waals surface area contributed by atoms with Crippen LogP contribution in [0.15, 0.2) is 0 Å². The van der Waals surface area contributed by atoms with Crippen LogP contribution < -0.4 is 0 Å². The molecule has 1 N–H and O–H groups in total. The molecule has 20 heavy (non-hydrogen) atoms. The Morgan fingerprint density at radius 1 is 1.05 bits per heavy atom. The van der Waals surface area contributed by atoms with Crippen LogP contribution in [0.4, 0.5) is 0 Å². The second kappa shape index (κ2) is 4.17. The minimum atomic E-state index is -0.781. The quantitative estimate of drug-likeness (QED) is 0.691. The van der Waals surface area contributed by atoms with Gasteiger partial charge in [-0.3, -0.25) is 0 Å². The summed E-state index contributed by atoms with van der Waals surface area (Å²) in [5.41, 5.74) is -0.549. The Bertz CT molecular complexity index is 411. The first-order valence-corrected chi connectivity index (χ1v) is 7.84. The van der Waals surface area contributed by atoms with E-state index in [9.17, 15) is 5.11 Å². The Kier molecular flexibility index (Phi) is 2.81. The summed E-state index contributed by atoms with van der Waals surface area (Å²) in [6.45, 7) is 6.22. The number of rotatable bonds is 0. The van der Waals surface area contributed by atoms with Gasteiger partial charge < -0.3 is 14.6 Å². The summed E-state index contributed by atoms with van der Waals surface area (Å²) in [6.07, 6.45) is 2.72. The maximum atomic E-state index is 10.2. The normalized spacial score (nSPS) is 61.8. The lowest BCUT2D eigenvalue weighted by Gasteiger charge is -2.59. The number of hydrogen-bond donors (Lipinski definition) is 1. The zero-order chi connectivity index (χ0) is 14.1. The molecule has 0 amide bonds. The van der Waals surface area contributed by atoms with Crippen molar-refractivity contribution in [2.75, 3.05) is 0 Å². The van der Waals surface area contributed by atoms with Crippen molar-refractivity contribution in [3.63, 3.8) is 0 Å². The maximum absolute atomic E-state index is 10.2. The lowest BCUT2D eigenvalue weighted by atomic mass is 9.58. The standard InChI is InChI=1S/C15H24O5/c1-8-4-5-11-9(2)12(16)17-13-15(11)10(8)6-7-14(3,18-13)19-20-15/h8-13,16H,4-7H2,1-3H3/t8-,9+,10-,11-,12?,13+,14+,15+/m0/s1. The van der Waals surface area contributed by atoms with Crippen molar-refractivity contribution < 1.29 is 24.4 Å². The minimum Gasteiger partial charge on any atom is -0.368 e. The van der Waals surface area contributed by atoms with E-state index in [0.717, 1.165) is 19.3 Å². The molecule has 0 aromatic heterocycles. The van der Waals surface area contributed by atoms with Gasteiger partial charge in [-0.1, -0.05) is 13.8 Å². The van der Waals surface area contributed by atoms with Crippen molar-refractivity contribution >= 4 is 0 Å². The predicted molar refractivity (Wildman–Crippen MR) is 69.0 cm³/mol. The van der Waals surface area contributed by atoms with Gasteiger partial charge in [-0.15, -0.1) is 0 Å². The van der Waals surface area contributed by atoms with Crippen LogP contribution in [0, 0.1) is 23.7 Å². The molecule has 1 aliphatic carbocycles. The van der Waals surface area contributed by atoms with Crippen molar-refractivity contribution in [3.8, 4) is 0 Å². The Morgan fingerprint density at radius 2 is 1.85 bits per heavy atom. The fourth-order valence-electron chi connectivity index (χ4n) is 4.89. The third-order valence-corrected chi connectivity index (χ3v) is 6.12. The second-order valence-corrected chi connectivity index (χ2v) is 7.30. The molecule has 1 unspecified atom stereocenters. The van der Waals surface area contributed by atoms with Gasteiger partial charge in [0.15, 0.2) is 18.2 Å². The van der Waals surface area contributed by atoms with Gasteiger partial charge in [0.2, 0.25) is 5.79 Å². The van der Waals surface area contributed by atoms with Crippen molar-refractivity contribution in [3.05, 3.63) is 0 Å². The van der Waals surface area contributed by atoms with Crippen LogP contribution in [-0.2, 0) is 19.2 Å². The molecule has 0 aromatic rings. The van der Waals surface area contributed by atoms with E-state index in [1.54, 1.807) is 0 Å². The Hall–Kier alpha value is -0.200. The van der Waals surface area contributed by atoms with Crippen LogP contribution in [0.3, 0.4) is 0 Å². The molecule has 0 aromatic carbocycles. The molecule has 114 valence electrons. The highest BCUT2D eigenvalue weighted by atomic mass is 17.3. The first-order chi connectivity index (χ1) is 9.46. The molecule has 1 saturated carbocycles. The van der Waals surface area contributed by atoms with Gasteiger partial charge in [-0.05, 0) is 38.0 Å². The summed E-state index contributed by atoms with van der Waals surface area (Å²) in [5.74, 6) is 0.437. The Balaban J connectivity index is 1.82. The number of ether oxygens (including phenoxy) is 2. The van der Waals surface area contributed by atoms with Gasteiger partial charge in [0.25, 0.3) is 0 Å². The van der Waals surface area contributed by atoms with E-state index < -0.39 is 24.0 Å². The van der Waals surface area contributed by atoms with Crippen molar-refractivity contribution in [1.29, 1.82) is 0 Å². The fourth-order valence-corrected chi connectivity index (χ4v) is 4.89. The number of hydrogen-bond acceptors (Lipinski definition) is 5. The molecule has 0 radical (unpaired) electrons. The summed E-state index contributed by atoms with van der Waals surface area (Å²) in [5, 5.41) is 10.2. The Labute approximate surface area is 119 Å². The number of aliphatic hydroxyl groups excluding tert-OH is 1. The number of aliphatic hydroxyl groups is 1.